The second-order valence-electron chi connectivity index (χ2n) is 7.74. The highest BCUT2D eigenvalue weighted by Crippen LogP contribution is 2.30. The van der Waals surface area contributed by atoms with Gasteiger partial charge in [-0.15, -0.1) is 10.2 Å². The summed E-state index contributed by atoms with van der Waals surface area (Å²) in [5.41, 5.74) is 5.27. The Bertz CT molecular complexity index is 1510. The van der Waals surface area contributed by atoms with Crippen molar-refractivity contribution in [3.05, 3.63) is 105 Å². The number of hydrogen-bond acceptors (Lipinski definition) is 5. The maximum Gasteiger partial charge on any atom is 0.258 e. The fourth-order valence-corrected chi connectivity index (χ4v) is 4.57. The van der Waals surface area contributed by atoms with Crippen molar-refractivity contribution in [3.8, 4) is 17.1 Å². The lowest BCUT2D eigenvalue weighted by Crippen LogP contribution is -2.15. The Morgan fingerprint density at radius 2 is 1.73 bits per heavy atom. The Labute approximate surface area is 199 Å². The quantitative estimate of drug-likeness (QED) is 0.315. The number of hydrogen-bond donors (Lipinski definition) is 0. The van der Waals surface area contributed by atoms with Crippen molar-refractivity contribution in [1.29, 1.82) is 0 Å². The van der Waals surface area contributed by atoms with Gasteiger partial charge in [0, 0.05) is 34.3 Å². The van der Waals surface area contributed by atoms with Gasteiger partial charge in [-0.3, -0.25) is 13.8 Å². The molecule has 2 aromatic carbocycles. The molecule has 33 heavy (non-hydrogen) atoms. The molecule has 0 aliphatic carbocycles. The number of nitrogens with zero attached hydrogens (tertiary/aromatic N) is 5. The first kappa shape index (κ1) is 21.4. The molecule has 0 amide bonds. The molecule has 0 saturated heterocycles. The third kappa shape index (κ3) is 4.29. The average molecular weight is 474 g/mol. The van der Waals surface area contributed by atoms with Crippen molar-refractivity contribution >= 4 is 29.0 Å². The van der Waals surface area contributed by atoms with E-state index in [-0.39, 0.29) is 5.56 Å². The zero-order chi connectivity index (χ0) is 22.9. The zero-order valence-corrected chi connectivity index (χ0v) is 19.6. The number of thioether (sulfide) groups is 1. The first-order valence-electron chi connectivity index (χ1n) is 10.4. The first-order valence-corrected chi connectivity index (χ1v) is 11.7. The Morgan fingerprint density at radius 3 is 2.48 bits per heavy atom. The highest BCUT2D eigenvalue weighted by Gasteiger charge is 2.17. The number of rotatable bonds is 5. The SMILES string of the molecule is Cc1ccc(-n2c(SCc3cc(=O)n4cccc(C)c4n3)nnc2-c2ccc(Cl)cc2)cc1. The predicted octanol–water partition coefficient (Wildman–Crippen LogP) is 5.50. The first-order chi connectivity index (χ1) is 16.0. The molecule has 5 aromatic rings. The van der Waals surface area contributed by atoms with Crippen LogP contribution in [0.3, 0.4) is 0 Å². The summed E-state index contributed by atoms with van der Waals surface area (Å²) in [6.07, 6.45) is 1.74. The van der Waals surface area contributed by atoms with Gasteiger partial charge in [-0.05, 0) is 61.9 Å². The lowest BCUT2D eigenvalue weighted by atomic mass is 10.2. The third-order valence-corrected chi connectivity index (χ3v) is 6.53. The van der Waals surface area contributed by atoms with E-state index in [0.717, 1.165) is 27.8 Å². The monoisotopic (exact) mass is 473 g/mol. The van der Waals surface area contributed by atoms with Gasteiger partial charge >= 0.3 is 0 Å². The normalized spacial score (nSPS) is 11.2. The Hall–Kier alpha value is -3.42. The van der Waals surface area contributed by atoms with Crippen LogP contribution in [-0.4, -0.2) is 24.1 Å². The van der Waals surface area contributed by atoms with E-state index in [1.807, 2.05) is 60.0 Å². The number of pyridine rings is 1. The molecule has 0 atom stereocenters. The van der Waals surface area contributed by atoms with Crippen LogP contribution < -0.4 is 5.56 Å². The van der Waals surface area contributed by atoms with Gasteiger partial charge in [0.2, 0.25) is 0 Å². The van der Waals surface area contributed by atoms with Crippen LogP contribution in [0.25, 0.3) is 22.7 Å². The smallest absolute Gasteiger partial charge is 0.258 e. The predicted molar refractivity (Wildman–Crippen MR) is 132 cm³/mol. The van der Waals surface area contributed by atoms with Crippen LogP contribution in [0.2, 0.25) is 5.02 Å². The van der Waals surface area contributed by atoms with Crippen molar-refractivity contribution in [1.82, 2.24) is 24.1 Å². The Morgan fingerprint density at radius 1 is 0.970 bits per heavy atom. The van der Waals surface area contributed by atoms with Crippen LogP contribution in [0, 0.1) is 13.8 Å². The minimum Gasteiger partial charge on any atom is -0.270 e. The maximum atomic E-state index is 12.6. The molecule has 0 saturated carbocycles. The van der Waals surface area contributed by atoms with Gasteiger partial charge in [0.25, 0.3) is 5.56 Å². The summed E-state index contributed by atoms with van der Waals surface area (Å²) in [6.45, 7) is 4.00. The fraction of sp³-hybridized carbons (Fsp3) is 0.120. The van der Waals surface area contributed by atoms with E-state index in [1.165, 1.54) is 17.3 Å². The van der Waals surface area contributed by atoms with Crippen LogP contribution in [-0.2, 0) is 5.75 Å². The van der Waals surface area contributed by atoms with Crippen LogP contribution >= 0.6 is 23.4 Å². The van der Waals surface area contributed by atoms with E-state index in [4.69, 9.17) is 16.6 Å². The molecule has 0 fully saturated rings. The maximum absolute atomic E-state index is 12.6. The number of aryl methyl sites for hydroxylation is 2. The standard InChI is InChI=1S/C25H20ClN5OS/c1-16-5-11-21(12-6-16)31-24(18-7-9-19(26)10-8-18)28-29-25(31)33-15-20-14-22(32)30-13-3-4-17(2)23(30)27-20/h3-14H,15H2,1-2H3. The van der Waals surface area contributed by atoms with Crippen molar-refractivity contribution in [3.63, 3.8) is 0 Å². The molecule has 0 aliphatic rings. The number of halogens is 1. The topological polar surface area (TPSA) is 65.1 Å². The molecule has 0 spiro atoms. The molecule has 0 unspecified atom stereocenters. The minimum atomic E-state index is -0.0962. The lowest BCUT2D eigenvalue weighted by Gasteiger charge is -2.11. The largest absolute Gasteiger partial charge is 0.270 e. The summed E-state index contributed by atoms with van der Waals surface area (Å²) < 4.78 is 3.59. The van der Waals surface area contributed by atoms with Crippen molar-refractivity contribution in [2.24, 2.45) is 0 Å². The fourth-order valence-electron chi connectivity index (χ4n) is 3.60. The van der Waals surface area contributed by atoms with Gasteiger partial charge in [0.1, 0.15) is 5.65 Å². The molecule has 3 aromatic heterocycles. The van der Waals surface area contributed by atoms with Gasteiger partial charge in [-0.2, -0.15) is 0 Å². The third-order valence-electron chi connectivity index (χ3n) is 5.32. The molecular weight excluding hydrogens is 454 g/mol. The van der Waals surface area contributed by atoms with Gasteiger partial charge in [0.15, 0.2) is 11.0 Å². The molecule has 3 heterocycles. The van der Waals surface area contributed by atoms with Crippen LogP contribution in [0.5, 0.6) is 0 Å². The van der Waals surface area contributed by atoms with Gasteiger partial charge in [-0.1, -0.05) is 47.1 Å². The number of benzene rings is 2. The minimum absolute atomic E-state index is 0.0962. The highest BCUT2D eigenvalue weighted by molar-refractivity contribution is 7.98. The second-order valence-corrected chi connectivity index (χ2v) is 9.12. The van der Waals surface area contributed by atoms with Gasteiger partial charge < -0.3 is 0 Å². The van der Waals surface area contributed by atoms with E-state index in [1.54, 1.807) is 16.7 Å². The summed E-state index contributed by atoms with van der Waals surface area (Å²) in [5.74, 6) is 1.21. The van der Waals surface area contributed by atoms with Crippen molar-refractivity contribution in [2.45, 2.75) is 24.8 Å². The zero-order valence-electron chi connectivity index (χ0n) is 18.1. The number of fused-ring (bicyclic) bond motifs is 1. The second kappa shape index (κ2) is 8.84. The van der Waals surface area contributed by atoms with Crippen LogP contribution in [0.1, 0.15) is 16.8 Å². The van der Waals surface area contributed by atoms with Gasteiger partial charge in [-0.25, -0.2) is 4.98 Å². The molecule has 0 N–H and O–H groups in total. The summed E-state index contributed by atoms with van der Waals surface area (Å²) >= 11 is 7.57. The van der Waals surface area contributed by atoms with Crippen molar-refractivity contribution < 1.29 is 0 Å². The average Bonchev–Trinajstić information content (AvgIpc) is 3.23. The van der Waals surface area contributed by atoms with Crippen molar-refractivity contribution in [2.75, 3.05) is 0 Å². The highest BCUT2D eigenvalue weighted by atomic mass is 35.5. The molecule has 6 nitrogen and oxygen atoms in total. The molecule has 0 bridgehead atoms. The Balaban J connectivity index is 1.54. The molecule has 8 heteroatoms. The Kier molecular flexibility index (Phi) is 5.74. The van der Waals surface area contributed by atoms with E-state index in [2.05, 4.69) is 29.3 Å². The summed E-state index contributed by atoms with van der Waals surface area (Å²) in [7, 11) is 0. The molecular formula is C25H20ClN5OS. The molecule has 5 rings (SSSR count). The van der Waals surface area contributed by atoms with Crippen LogP contribution in [0.4, 0.5) is 0 Å². The lowest BCUT2D eigenvalue weighted by molar-refractivity contribution is 0.884. The van der Waals surface area contributed by atoms with Gasteiger partial charge in [0.05, 0.1) is 5.69 Å². The summed E-state index contributed by atoms with van der Waals surface area (Å²) in [5, 5.41) is 10.3. The van der Waals surface area contributed by atoms with E-state index >= 15 is 0 Å². The summed E-state index contributed by atoms with van der Waals surface area (Å²) in [6, 6.07) is 21.1. The van der Waals surface area contributed by atoms with E-state index in [9.17, 15) is 4.79 Å². The molecule has 0 radical (unpaired) electrons. The molecule has 164 valence electrons. The van der Waals surface area contributed by atoms with Crippen LogP contribution in [0.15, 0.2) is 82.9 Å². The van der Waals surface area contributed by atoms with E-state index < -0.39 is 0 Å². The molecule has 0 aliphatic heterocycles. The van der Waals surface area contributed by atoms with E-state index in [0.29, 0.717) is 22.1 Å². The number of aromatic nitrogens is 5. The summed E-state index contributed by atoms with van der Waals surface area (Å²) in [4.78, 5) is 17.3.